The van der Waals surface area contributed by atoms with Crippen LogP contribution in [0.5, 0.6) is 0 Å². The van der Waals surface area contributed by atoms with Gasteiger partial charge in [-0.1, -0.05) is 30.3 Å². The molecule has 0 aromatic heterocycles. The molecule has 0 spiro atoms. The van der Waals surface area contributed by atoms with Gasteiger partial charge in [0, 0.05) is 7.11 Å². The Morgan fingerprint density at radius 3 is 2.46 bits per heavy atom. The number of ether oxygens (including phenoxy) is 1. The molecule has 0 fully saturated rings. The Balaban J connectivity index is 2.78. The van der Waals surface area contributed by atoms with E-state index in [2.05, 4.69) is 0 Å². The molecule has 2 atom stereocenters. The minimum atomic E-state index is -1.09. The predicted octanol–water partition coefficient (Wildman–Crippen LogP) is 1.70. The van der Waals surface area contributed by atoms with Crippen molar-refractivity contribution in [3.05, 3.63) is 35.9 Å². The average Bonchev–Trinajstić information content (AvgIpc) is 2.20. The Kier molecular flexibility index (Phi) is 3.86. The monoisotopic (exact) mass is 184 g/mol. The number of alkyl halides is 1. The predicted molar refractivity (Wildman–Crippen MR) is 48.2 cm³/mol. The third-order valence-electron chi connectivity index (χ3n) is 1.89. The second-order valence-electron chi connectivity index (χ2n) is 2.79. The number of halogens is 1. The lowest BCUT2D eigenvalue weighted by Crippen LogP contribution is -2.21. The van der Waals surface area contributed by atoms with Crippen LogP contribution in [0.3, 0.4) is 0 Å². The van der Waals surface area contributed by atoms with Crippen molar-refractivity contribution in [2.24, 2.45) is 0 Å². The van der Waals surface area contributed by atoms with Gasteiger partial charge in [-0.3, -0.25) is 0 Å². The molecule has 0 amide bonds. The first kappa shape index (κ1) is 10.2. The van der Waals surface area contributed by atoms with Crippen LogP contribution in [0.4, 0.5) is 4.39 Å². The molecule has 0 saturated heterocycles. The van der Waals surface area contributed by atoms with E-state index in [0.29, 0.717) is 0 Å². The van der Waals surface area contributed by atoms with Gasteiger partial charge in [-0.15, -0.1) is 0 Å². The third kappa shape index (κ3) is 2.50. The molecule has 72 valence electrons. The van der Waals surface area contributed by atoms with Gasteiger partial charge in [-0.05, 0) is 5.56 Å². The van der Waals surface area contributed by atoms with E-state index in [9.17, 15) is 9.50 Å². The molecule has 3 heteroatoms. The van der Waals surface area contributed by atoms with Crippen LogP contribution in [0.1, 0.15) is 11.7 Å². The lowest BCUT2D eigenvalue weighted by Gasteiger charge is -2.19. The molecule has 0 aliphatic rings. The van der Waals surface area contributed by atoms with Crippen molar-refractivity contribution in [1.82, 2.24) is 0 Å². The maximum Gasteiger partial charge on any atom is 0.118 e. The summed E-state index contributed by atoms with van der Waals surface area (Å²) in [4.78, 5) is 0. The van der Waals surface area contributed by atoms with E-state index in [4.69, 9.17) is 4.74 Å². The Morgan fingerprint density at radius 1 is 1.38 bits per heavy atom. The quantitative estimate of drug-likeness (QED) is 0.771. The topological polar surface area (TPSA) is 29.5 Å². The van der Waals surface area contributed by atoms with E-state index in [1.165, 1.54) is 7.11 Å². The van der Waals surface area contributed by atoms with Crippen molar-refractivity contribution >= 4 is 0 Å². The fraction of sp³-hybridized carbons (Fsp3) is 0.400. The lowest BCUT2D eigenvalue weighted by molar-refractivity contribution is -0.0242. The summed E-state index contributed by atoms with van der Waals surface area (Å²) in [6.07, 6.45) is -1.67. The highest BCUT2D eigenvalue weighted by molar-refractivity contribution is 5.18. The van der Waals surface area contributed by atoms with Crippen molar-refractivity contribution in [2.45, 2.75) is 12.2 Å². The molecule has 0 aliphatic carbocycles. The zero-order valence-corrected chi connectivity index (χ0v) is 7.48. The first-order valence-corrected chi connectivity index (χ1v) is 4.11. The van der Waals surface area contributed by atoms with Crippen molar-refractivity contribution in [3.8, 4) is 0 Å². The normalized spacial score (nSPS) is 15.3. The summed E-state index contributed by atoms with van der Waals surface area (Å²) in [7, 11) is 1.45. The smallest absolute Gasteiger partial charge is 0.118 e. The molecule has 0 bridgehead atoms. The highest BCUT2D eigenvalue weighted by atomic mass is 19.1. The van der Waals surface area contributed by atoms with Crippen molar-refractivity contribution in [3.63, 3.8) is 0 Å². The van der Waals surface area contributed by atoms with Gasteiger partial charge in [0.15, 0.2) is 0 Å². The largest absolute Gasteiger partial charge is 0.387 e. The standard InChI is InChI=1S/C10H13FO2/c1-13-10(9(12)7-11)8-5-3-2-4-6-8/h2-6,9-10,12H,7H2,1H3/t9-,10+/m0/s1. The van der Waals surface area contributed by atoms with Crippen molar-refractivity contribution < 1.29 is 14.2 Å². The maximum absolute atomic E-state index is 12.2. The van der Waals surface area contributed by atoms with Crippen LogP contribution in [-0.2, 0) is 4.74 Å². The van der Waals surface area contributed by atoms with Crippen LogP contribution in [0.25, 0.3) is 0 Å². The van der Waals surface area contributed by atoms with Gasteiger partial charge in [0.05, 0.1) is 0 Å². The molecule has 1 aromatic carbocycles. The number of methoxy groups -OCH3 is 1. The fourth-order valence-corrected chi connectivity index (χ4v) is 1.24. The van der Waals surface area contributed by atoms with E-state index >= 15 is 0 Å². The molecule has 1 aromatic rings. The first-order valence-electron chi connectivity index (χ1n) is 4.11. The van der Waals surface area contributed by atoms with Gasteiger partial charge < -0.3 is 9.84 Å². The Bertz CT molecular complexity index is 238. The summed E-state index contributed by atoms with van der Waals surface area (Å²) in [6.45, 7) is -0.798. The minimum Gasteiger partial charge on any atom is -0.387 e. The van der Waals surface area contributed by atoms with Crippen LogP contribution in [0.15, 0.2) is 30.3 Å². The molecular formula is C10H13FO2. The van der Waals surface area contributed by atoms with E-state index in [0.717, 1.165) is 5.56 Å². The molecule has 0 saturated carbocycles. The maximum atomic E-state index is 12.2. The molecular weight excluding hydrogens is 171 g/mol. The molecule has 0 unspecified atom stereocenters. The highest BCUT2D eigenvalue weighted by Gasteiger charge is 2.19. The summed E-state index contributed by atoms with van der Waals surface area (Å²) >= 11 is 0. The summed E-state index contributed by atoms with van der Waals surface area (Å²) in [5.41, 5.74) is 0.787. The second kappa shape index (κ2) is 4.94. The van der Waals surface area contributed by atoms with Crippen molar-refractivity contribution in [1.29, 1.82) is 0 Å². The van der Waals surface area contributed by atoms with Crippen molar-refractivity contribution in [2.75, 3.05) is 13.8 Å². The van der Waals surface area contributed by atoms with Gasteiger partial charge in [0.25, 0.3) is 0 Å². The van der Waals surface area contributed by atoms with Gasteiger partial charge in [0.2, 0.25) is 0 Å². The SMILES string of the molecule is CO[C@H](c1ccccc1)[C@@H](O)CF. The van der Waals surface area contributed by atoms with Gasteiger partial charge >= 0.3 is 0 Å². The van der Waals surface area contributed by atoms with Crippen LogP contribution in [-0.4, -0.2) is 25.0 Å². The lowest BCUT2D eigenvalue weighted by atomic mass is 10.1. The van der Waals surface area contributed by atoms with Crippen LogP contribution >= 0.6 is 0 Å². The zero-order valence-electron chi connectivity index (χ0n) is 7.48. The number of aliphatic hydroxyl groups excluding tert-OH is 1. The van der Waals surface area contributed by atoms with E-state index in [1.54, 1.807) is 12.1 Å². The Hall–Kier alpha value is -0.930. The summed E-state index contributed by atoms with van der Waals surface area (Å²) in [6, 6.07) is 9.11. The molecule has 1 N–H and O–H groups in total. The van der Waals surface area contributed by atoms with E-state index in [-0.39, 0.29) is 0 Å². The van der Waals surface area contributed by atoms with E-state index in [1.807, 2.05) is 18.2 Å². The first-order chi connectivity index (χ1) is 6.29. The zero-order chi connectivity index (χ0) is 9.68. The number of benzene rings is 1. The molecule has 13 heavy (non-hydrogen) atoms. The molecule has 0 aliphatic heterocycles. The molecule has 0 heterocycles. The Morgan fingerprint density at radius 2 is 2.00 bits per heavy atom. The Labute approximate surface area is 77.0 Å². The minimum absolute atomic E-state index is 0.578. The fourth-order valence-electron chi connectivity index (χ4n) is 1.24. The molecule has 1 rings (SSSR count). The molecule has 0 radical (unpaired) electrons. The second-order valence-corrected chi connectivity index (χ2v) is 2.79. The summed E-state index contributed by atoms with van der Waals surface area (Å²) < 4.78 is 17.2. The van der Waals surface area contributed by atoms with Crippen LogP contribution in [0, 0.1) is 0 Å². The number of rotatable bonds is 4. The number of hydrogen-bond acceptors (Lipinski definition) is 2. The third-order valence-corrected chi connectivity index (χ3v) is 1.89. The highest BCUT2D eigenvalue weighted by Crippen LogP contribution is 2.20. The number of hydrogen-bond donors (Lipinski definition) is 1. The van der Waals surface area contributed by atoms with Crippen LogP contribution < -0.4 is 0 Å². The summed E-state index contributed by atoms with van der Waals surface area (Å²) in [5, 5.41) is 9.27. The van der Waals surface area contributed by atoms with Gasteiger partial charge in [-0.2, -0.15) is 0 Å². The number of aliphatic hydroxyl groups is 1. The van der Waals surface area contributed by atoms with Gasteiger partial charge in [0.1, 0.15) is 18.9 Å². The molecule has 2 nitrogen and oxygen atoms in total. The summed E-state index contributed by atoms with van der Waals surface area (Å²) in [5.74, 6) is 0. The van der Waals surface area contributed by atoms with Crippen LogP contribution in [0.2, 0.25) is 0 Å². The average molecular weight is 184 g/mol. The van der Waals surface area contributed by atoms with Gasteiger partial charge in [-0.25, -0.2) is 4.39 Å². The van der Waals surface area contributed by atoms with E-state index < -0.39 is 18.9 Å².